The van der Waals surface area contributed by atoms with Crippen LogP contribution < -0.4 is 0 Å². The molecule has 0 N–H and O–H groups in total. The Morgan fingerprint density at radius 2 is 1.29 bits per heavy atom. The van der Waals surface area contributed by atoms with Crippen LogP contribution in [0.15, 0.2) is 110 Å². The van der Waals surface area contributed by atoms with Crippen molar-refractivity contribution in [2.24, 2.45) is 0 Å². The number of nitriles is 1. The Labute approximate surface area is 238 Å². The van der Waals surface area contributed by atoms with E-state index in [0.717, 1.165) is 71.5 Å². The predicted octanol–water partition coefficient (Wildman–Crippen LogP) is 9.69. The number of rotatable bonds is 2. The van der Waals surface area contributed by atoms with Crippen LogP contribution in [0.4, 0.5) is 0 Å². The minimum Gasteiger partial charge on any atom is -0.456 e. The zero-order chi connectivity index (χ0) is 27.9. The first-order valence-corrected chi connectivity index (χ1v) is 13.6. The van der Waals surface area contributed by atoms with Gasteiger partial charge < -0.3 is 13.3 Å². The molecule has 0 saturated carbocycles. The zero-order valence-corrected chi connectivity index (χ0v) is 22.3. The average molecular weight is 542 g/mol. The second-order valence-corrected chi connectivity index (χ2v) is 10.5. The first kappa shape index (κ1) is 22.8. The number of hydrogen-bond acceptors (Lipinski definition) is 6. The van der Waals surface area contributed by atoms with Gasteiger partial charge >= 0.3 is 0 Å². The summed E-state index contributed by atoms with van der Waals surface area (Å²) >= 11 is 0. The van der Waals surface area contributed by atoms with Crippen molar-refractivity contribution in [3.63, 3.8) is 0 Å². The zero-order valence-electron chi connectivity index (χ0n) is 22.3. The molecule has 9 aromatic rings. The topological polar surface area (TPSA) is 89.0 Å². The third-order valence-corrected chi connectivity index (χ3v) is 8.10. The minimum absolute atomic E-state index is 0.139. The number of benzene rings is 5. The van der Waals surface area contributed by atoms with Crippen LogP contribution in [-0.2, 0) is 0 Å². The third kappa shape index (κ3) is 3.19. The minimum atomic E-state index is 0.139. The van der Waals surface area contributed by atoms with Gasteiger partial charge in [0.2, 0.25) is 5.82 Å². The Morgan fingerprint density at radius 1 is 0.571 bits per heavy atom. The molecule has 0 aliphatic heterocycles. The highest BCUT2D eigenvalue weighted by molar-refractivity contribution is 6.14. The summed E-state index contributed by atoms with van der Waals surface area (Å²) in [5.41, 5.74) is 10.3. The largest absolute Gasteiger partial charge is 0.456 e. The first-order valence-electron chi connectivity index (χ1n) is 13.6. The number of furan rings is 3. The predicted molar refractivity (Wildman–Crippen MR) is 164 cm³/mol. The number of para-hydroxylation sites is 1. The van der Waals surface area contributed by atoms with E-state index in [1.165, 1.54) is 0 Å². The van der Waals surface area contributed by atoms with Crippen molar-refractivity contribution < 1.29 is 13.3 Å². The molecule has 0 spiro atoms. The van der Waals surface area contributed by atoms with Crippen LogP contribution in [0.1, 0.15) is 11.5 Å². The SMILES string of the molecule is Cc1nc(C#N)nc2c1oc1cc(-c3ccc4c(c3)oc3ccc(-c5cccc6oc7ccccc7c56)cc34)ccc12. The van der Waals surface area contributed by atoms with Crippen LogP contribution in [0.5, 0.6) is 0 Å². The summed E-state index contributed by atoms with van der Waals surface area (Å²) in [4.78, 5) is 8.60. The molecule has 0 radical (unpaired) electrons. The Morgan fingerprint density at radius 3 is 2.14 bits per heavy atom. The van der Waals surface area contributed by atoms with Gasteiger partial charge in [-0.1, -0.05) is 48.5 Å². The van der Waals surface area contributed by atoms with Gasteiger partial charge in [-0.15, -0.1) is 0 Å². The Hall–Kier alpha value is -5.93. The normalized spacial score (nSPS) is 11.9. The van der Waals surface area contributed by atoms with E-state index < -0.39 is 0 Å². The number of nitrogens with zero attached hydrogens (tertiary/aromatic N) is 3. The summed E-state index contributed by atoms with van der Waals surface area (Å²) in [7, 11) is 0. The fraction of sp³-hybridized carbons (Fsp3) is 0.0278. The molecule has 0 fully saturated rings. The average Bonchev–Trinajstić information content (AvgIpc) is 3.71. The van der Waals surface area contributed by atoms with E-state index in [1.807, 2.05) is 67.6 Å². The van der Waals surface area contributed by atoms with Gasteiger partial charge in [0.25, 0.3) is 0 Å². The highest BCUT2D eigenvalue weighted by atomic mass is 16.3. The second kappa shape index (κ2) is 8.29. The summed E-state index contributed by atoms with van der Waals surface area (Å²) in [6, 6.07) is 35.1. The highest BCUT2D eigenvalue weighted by Crippen LogP contribution is 2.40. The van der Waals surface area contributed by atoms with Gasteiger partial charge in [0.05, 0.1) is 5.69 Å². The lowest BCUT2D eigenvalue weighted by Crippen LogP contribution is -1.91. The van der Waals surface area contributed by atoms with E-state index in [4.69, 9.17) is 13.3 Å². The fourth-order valence-electron chi connectivity index (χ4n) is 6.15. The number of hydrogen-bond donors (Lipinski definition) is 0. The molecule has 0 aliphatic rings. The molecule has 0 saturated heterocycles. The van der Waals surface area contributed by atoms with Crippen molar-refractivity contribution >= 4 is 65.9 Å². The monoisotopic (exact) mass is 541 g/mol. The van der Waals surface area contributed by atoms with Crippen molar-refractivity contribution in [1.82, 2.24) is 9.97 Å². The Bertz CT molecular complexity index is 2610. The lowest BCUT2D eigenvalue weighted by molar-refractivity contribution is 0.661. The van der Waals surface area contributed by atoms with Crippen LogP contribution in [-0.4, -0.2) is 9.97 Å². The molecule has 9 rings (SSSR count). The van der Waals surface area contributed by atoms with Gasteiger partial charge in [0, 0.05) is 26.9 Å². The maximum absolute atomic E-state index is 9.29. The molecule has 6 nitrogen and oxygen atoms in total. The van der Waals surface area contributed by atoms with Crippen molar-refractivity contribution in [3.05, 3.63) is 109 Å². The lowest BCUT2D eigenvalue weighted by atomic mass is 9.97. The maximum Gasteiger partial charge on any atom is 0.233 e. The molecule has 4 aromatic heterocycles. The van der Waals surface area contributed by atoms with Gasteiger partial charge in [0.15, 0.2) is 5.58 Å². The Kier molecular flexibility index (Phi) is 4.51. The molecule has 0 unspecified atom stereocenters. The lowest BCUT2D eigenvalue weighted by Gasteiger charge is -2.04. The van der Waals surface area contributed by atoms with E-state index >= 15 is 0 Å². The molecule has 5 aromatic carbocycles. The molecule has 0 bridgehead atoms. The van der Waals surface area contributed by atoms with Gasteiger partial charge in [0.1, 0.15) is 39.5 Å². The van der Waals surface area contributed by atoms with E-state index in [9.17, 15) is 5.26 Å². The molecule has 0 amide bonds. The molecule has 196 valence electrons. The van der Waals surface area contributed by atoms with E-state index in [0.29, 0.717) is 22.4 Å². The third-order valence-electron chi connectivity index (χ3n) is 8.10. The summed E-state index contributed by atoms with van der Waals surface area (Å²) < 4.78 is 18.6. The smallest absolute Gasteiger partial charge is 0.233 e. The quantitative estimate of drug-likeness (QED) is 0.216. The van der Waals surface area contributed by atoms with Crippen LogP contribution in [0.25, 0.3) is 88.2 Å². The number of aromatic nitrogens is 2. The first-order chi connectivity index (χ1) is 20.6. The number of aryl methyl sites for hydroxylation is 1. The molecule has 0 aliphatic carbocycles. The van der Waals surface area contributed by atoms with Crippen molar-refractivity contribution in [3.8, 4) is 28.3 Å². The van der Waals surface area contributed by atoms with Gasteiger partial charge in [-0.2, -0.15) is 5.26 Å². The van der Waals surface area contributed by atoms with Crippen LogP contribution >= 0.6 is 0 Å². The van der Waals surface area contributed by atoms with Crippen molar-refractivity contribution in [2.45, 2.75) is 6.92 Å². The molecule has 0 atom stereocenters. The molecular formula is C36H19N3O3. The summed E-state index contributed by atoms with van der Waals surface area (Å²) in [5.74, 6) is 0.139. The Balaban J connectivity index is 1.17. The number of fused-ring (bicyclic) bond motifs is 9. The van der Waals surface area contributed by atoms with Crippen molar-refractivity contribution in [1.29, 1.82) is 5.26 Å². The molecule has 4 heterocycles. The molecule has 6 heteroatoms. The van der Waals surface area contributed by atoms with Crippen LogP contribution in [0.2, 0.25) is 0 Å². The summed E-state index contributed by atoms with van der Waals surface area (Å²) in [6.45, 7) is 1.83. The van der Waals surface area contributed by atoms with Crippen LogP contribution in [0.3, 0.4) is 0 Å². The molecular weight excluding hydrogens is 522 g/mol. The van der Waals surface area contributed by atoms with E-state index in [2.05, 4.69) is 52.4 Å². The summed E-state index contributed by atoms with van der Waals surface area (Å²) in [5, 5.41) is 14.5. The standard InChI is InChI=1S/C36H19N3O3/c1-19-36-35(39-33(18-37)38-19)26-13-10-21(17-32(26)42-36)20-9-12-24-27-15-22(11-14-29(27)41-31(24)16-20)23-6-4-8-30-34(23)25-5-2-3-7-28(25)40-30/h2-17H,1H3. The van der Waals surface area contributed by atoms with Crippen molar-refractivity contribution in [2.75, 3.05) is 0 Å². The van der Waals surface area contributed by atoms with Gasteiger partial charge in [-0.25, -0.2) is 9.97 Å². The maximum atomic E-state index is 9.29. The summed E-state index contributed by atoms with van der Waals surface area (Å²) in [6.07, 6.45) is 0. The molecule has 42 heavy (non-hydrogen) atoms. The van der Waals surface area contributed by atoms with E-state index in [1.54, 1.807) is 0 Å². The fourth-order valence-corrected chi connectivity index (χ4v) is 6.15. The van der Waals surface area contributed by atoms with E-state index in [-0.39, 0.29) is 5.82 Å². The van der Waals surface area contributed by atoms with Crippen LogP contribution in [0, 0.1) is 18.3 Å². The highest BCUT2D eigenvalue weighted by Gasteiger charge is 2.17. The van der Waals surface area contributed by atoms with Gasteiger partial charge in [-0.05, 0) is 77.7 Å². The van der Waals surface area contributed by atoms with Gasteiger partial charge in [-0.3, -0.25) is 0 Å². The second-order valence-electron chi connectivity index (χ2n) is 10.5.